The number of nitrogens with one attached hydrogen (secondary N) is 1. The zero-order chi connectivity index (χ0) is 10.7. The van der Waals surface area contributed by atoms with Crippen LogP contribution in [0.15, 0.2) is 0 Å². The summed E-state index contributed by atoms with van der Waals surface area (Å²) in [5.74, 6) is -1.44. The van der Waals surface area contributed by atoms with Crippen LogP contribution in [-0.4, -0.2) is 47.6 Å². The Hall–Kier alpha value is -1.10. The van der Waals surface area contributed by atoms with Crippen LogP contribution >= 0.6 is 0 Å². The van der Waals surface area contributed by atoms with Crippen LogP contribution in [0.1, 0.15) is 13.8 Å². The summed E-state index contributed by atoms with van der Waals surface area (Å²) in [4.78, 5) is 23.9. The van der Waals surface area contributed by atoms with Crippen LogP contribution in [0.4, 0.5) is 0 Å². The maximum absolute atomic E-state index is 11.2. The minimum Gasteiger partial charge on any atom is -0.481 e. The topological polar surface area (TPSA) is 69.6 Å². The van der Waals surface area contributed by atoms with Crippen molar-refractivity contribution < 1.29 is 14.7 Å². The molecule has 14 heavy (non-hydrogen) atoms. The highest BCUT2D eigenvalue weighted by Crippen LogP contribution is 2.07. The fourth-order valence-electron chi connectivity index (χ4n) is 1.45. The molecule has 1 fully saturated rings. The van der Waals surface area contributed by atoms with Gasteiger partial charge in [0.15, 0.2) is 0 Å². The molecule has 5 nitrogen and oxygen atoms in total. The number of carboxylic acid groups (broad SMARTS) is 1. The molecule has 0 aliphatic carbocycles. The van der Waals surface area contributed by atoms with E-state index >= 15 is 0 Å². The van der Waals surface area contributed by atoms with E-state index < -0.39 is 11.9 Å². The SMILES string of the molecule is CC(C)N1CC(=O)NCC(C(=O)O)C1. The molecule has 1 atom stereocenters. The molecular formula is C9H16N2O3. The Morgan fingerprint density at radius 2 is 2.29 bits per heavy atom. The highest BCUT2D eigenvalue weighted by atomic mass is 16.4. The van der Waals surface area contributed by atoms with Gasteiger partial charge in [0.25, 0.3) is 0 Å². The van der Waals surface area contributed by atoms with Crippen molar-refractivity contribution in [3.63, 3.8) is 0 Å². The maximum atomic E-state index is 11.2. The number of carbonyl (C=O) groups excluding carboxylic acids is 1. The Morgan fingerprint density at radius 1 is 1.64 bits per heavy atom. The van der Waals surface area contributed by atoms with E-state index in [0.717, 1.165) is 0 Å². The van der Waals surface area contributed by atoms with Crippen molar-refractivity contribution in [2.24, 2.45) is 5.92 Å². The van der Waals surface area contributed by atoms with Gasteiger partial charge < -0.3 is 10.4 Å². The van der Waals surface area contributed by atoms with Gasteiger partial charge >= 0.3 is 5.97 Å². The third-order valence-electron chi connectivity index (χ3n) is 2.43. The van der Waals surface area contributed by atoms with Crippen LogP contribution < -0.4 is 5.32 Å². The fraction of sp³-hybridized carbons (Fsp3) is 0.778. The monoisotopic (exact) mass is 200 g/mol. The molecule has 0 saturated carbocycles. The number of aliphatic carboxylic acids is 1. The van der Waals surface area contributed by atoms with E-state index in [9.17, 15) is 9.59 Å². The second kappa shape index (κ2) is 4.41. The van der Waals surface area contributed by atoms with Gasteiger partial charge in [0.1, 0.15) is 0 Å². The number of hydrogen-bond acceptors (Lipinski definition) is 3. The number of carbonyl (C=O) groups is 2. The summed E-state index contributed by atoms with van der Waals surface area (Å²) >= 11 is 0. The molecule has 0 bridgehead atoms. The Labute approximate surface area is 83.1 Å². The summed E-state index contributed by atoms with van der Waals surface area (Å²) in [5.41, 5.74) is 0. The number of nitrogens with zero attached hydrogens (tertiary/aromatic N) is 1. The second-order valence-corrected chi connectivity index (χ2v) is 3.86. The van der Waals surface area contributed by atoms with Gasteiger partial charge in [-0.15, -0.1) is 0 Å². The predicted molar refractivity (Wildman–Crippen MR) is 50.8 cm³/mol. The molecule has 0 spiro atoms. The smallest absolute Gasteiger partial charge is 0.309 e. The summed E-state index contributed by atoms with van der Waals surface area (Å²) in [6, 6.07) is 0.195. The van der Waals surface area contributed by atoms with Crippen molar-refractivity contribution in [3.05, 3.63) is 0 Å². The molecule has 1 heterocycles. The van der Waals surface area contributed by atoms with E-state index in [1.807, 2.05) is 18.7 Å². The summed E-state index contributed by atoms with van der Waals surface area (Å²) < 4.78 is 0. The molecule has 0 radical (unpaired) electrons. The van der Waals surface area contributed by atoms with E-state index in [4.69, 9.17) is 5.11 Å². The average molecular weight is 200 g/mol. The van der Waals surface area contributed by atoms with E-state index in [1.54, 1.807) is 0 Å². The third-order valence-corrected chi connectivity index (χ3v) is 2.43. The lowest BCUT2D eigenvalue weighted by Crippen LogP contribution is -2.38. The fourth-order valence-corrected chi connectivity index (χ4v) is 1.45. The number of carboxylic acids is 1. The van der Waals surface area contributed by atoms with Crippen molar-refractivity contribution in [1.82, 2.24) is 10.2 Å². The van der Waals surface area contributed by atoms with Crippen LogP contribution in [0.25, 0.3) is 0 Å². The second-order valence-electron chi connectivity index (χ2n) is 3.86. The Morgan fingerprint density at radius 3 is 2.79 bits per heavy atom. The van der Waals surface area contributed by atoms with Crippen molar-refractivity contribution in [2.45, 2.75) is 19.9 Å². The van der Waals surface area contributed by atoms with Crippen LogP contribution in [0.3, 0.4) is 0 Å². The zero-order valence-corrected chi connectivity index (χ0v) is 8.49. The van der Waals surface area contributed by atoms with Crippen molar-refractivity contribution in [1.29, 1.82) is 0 Å². The molecule has 80 valence electrons. The first-order chi connectivity index (χ1) is 6.50. The summed E-state index contributed by atoms with van der Waals surface area (Å²) in [5, 5.41) is 11.5. The average Bonchev–Trinajstić information content (AvgIpc) is 2.26. The van der Waals surface area contributed by atoms with Gasteiger partial charge in [0.05, 0.1) is 12.5 Å². The van der Waals surface area contributed by atoms with E-state index in [-0.39, 0.29) is 18.5 Å². The molecule has 1 aliphatic rings. The van der Waals surface area contributed by atoms with Gasteiger partial charge in [-0.05, 0) is 13.8 Å². The van der Waals surface area contributed by atoms with Crippen molar-refractivity contribution in [3.8, 4) is 0 Å². The van der Waals surface area contributed by atoms with Gasteiger partial charge in [-0.25, -0.2) is 0 Å². The van der Waals surface area contributed by atoms with Gasteiger partial charge in [0, 0.05) is 19.1 Å². The minimum atomic E-state index is -0.849. The number of hydrogen-bond donors (Lipinski definition) is 2. The van der Waals surface area contributed by atoms with E-state index in [1.165, 1.54) is 0 Å². The predicted octanol–water partition coefficient (Wildman–Crippen LogP) is -0.473. The van der Waals surface area contributed by atoms with Crippen molar-refractivity contribution in [2.75, 3.05) is 19.6 Å². The first kappa shape index (κ1) is 11.0. The van der Waals surface area contributed by atoms with Crippen LogP contribution in [0.5, 0.6) is 0 Å². The molecule has 1 aliphatic heterocycles. The quantitative estimate of drug-likeness (QED) is 0.632. The number of amides is 1. The molecule has 0 aromatic rings. The van der Waals surface area contributed by atoms with Crippen LogP contribution in [0, 0.1) is 5.92 Å². The Balaban J connectivity index is 2.68. The van der Waals surface area contributed by atoms with Gasteiger partial charge in [0.2, 0.25) is 5.91 Å². The maximum Gasteiger partial charge on any atom is 0.309 e. The molecule has 0 aromatic carbocycles. The van der Waals surface area contributed by atoms with Crippen LogP contribution in [-0.2, 0) is 9.59 Å². The number of rotatable bonds is 2. The third kappa shape index (κ3) is 2.70. The van der Waals surface area contributed by atoms with E-state index in [2.05, 4.69) is 5.32 Å². The summed E-state index contributed by atoms with van der Waals surface area (Å²) in [6.07, 6.45) is 0. The molecule has 1 unspecified atom stereocenters. The largest absolute Gasteiger partial charge is 0.481 e. The van der Waals surface area contributed by atoms with Gasteiger partial charge in [-0.2, -0.15) is 0 Å². The molecule has 2 N–H and O–H groups in total. The minimum absolute atomic E-state index is 0.0950. The Bertz CT molecular complexity index is 240. The lowest BCUT2D eigenvalue weighted by atomic mass is 10.1. The lowest BCUT2D eigenvalue weighted by Gasteiger charge is -2.24. The van der Waals surface area contributed by atoms with Crippen LogP contribution in [0.2, 0.25) is 0 Å². The molecular weight excluding hydrogens is 184 g/mol. The Kier molecular flexibility index (Phi) is 3.46. The first-order valence-electron chi connectivity index (χ1n) is 4.74. The highest BCUT2D eigenvalue weighted by molar-refractivity contribution is 5.80. The molecule has 1 rings (SSSR count). The first-order valence-corrected chi connectivity index (χ1v) is 4.74. The highest BCUT2D eigenvalue weighted by Gasteiger charge is 2.27. The lowest BCUT2D eigenvalue weighted by molar-refractivity contribution is -0.142. The zero-order valence-electron chi connectivity index (χ0n) is 8.49. The summed E-state index contributed by atoms with van der Waals surface area (Å²) in [7, 11) is 0. The molecule has 1 amide bonds. The summed E-state index contributed by atoms with van der Waals surface area (Å²) in [6.45, 7) is 4.87. The standard InChI is InChI=1S/C9H16N2O3/c1-6(2)11-4-7(9(13)14)3-10-8(12)5-11/h6-7H,3-5H2,1-2H3,(H,10,12)(H,13,14). The molecule has 0 aromatic heterocycles. The molecule has 1 saturated heterocycles. The van der Waals surface area contributed by atoms with Crippen molar-refractivity contribution >= 4 is 11.9 Å². The molecule has 5 heteroatoms. The normalized spacial score (nSPS) is 24.5. The van der Waals surface area contributed by atoms with Gasteiger partial charge in [-0.1, -0.05) is 0 Å². The van der Waals surface area contributed by atoms with Gasteiger partial charge in [-0.3, -0.25) is 14.5 Å². The van der Waals surface area contributed by atoms with E-state index in [0.29, 0.717) is 13.1 Å².